The van der Waals surface area contributed by atoms with Gasteiger partial charge in [-0.2, -0.15) is 0 Å². The summed E-state index contributed by atoms with van der Waals surface area (Å²) >= 11 is 0. The number of hydrogen-bond donors (Lipinski definition) is 2. The first-order chi connectivity index (χ1) is 9.91. The molecule has 2 N–H and O–H groups in total. The SMILES string of the molecule is CCC(CC)C(C)NS(=O)(=O)Cc1ccc(CNC)cc1. The Kier molecular flexibility index (Phi) is 7.35. The van der Waals surface area contributed by atoms with Crippen molar-refractivity contribution in [3.8, 4) is 0 Å². The molecule has 0 aliphatic carbocycles. The molecule has 0 amide bonds. The Balaban J connectivity index is 2.67. The summed E-state index contributed by atoms with van der Waals surface area (Å²) in [6, 6.07) is 7.67. The first kappa shape index (κ1) is 18.1. The maximum absolute atomic E-state index is 12.2. The second-order valence-electron chi connectivity index (χ2n) is 5.59. The maximum Gasteiger partial charge on any atom is 0.216 e. The zero-order valence-electron chi connectivity index (χ0n) is 13.5. The van der Waals surface area contributed by atoms with E-state index >= 15 is 0 Å². The third kappa shape index (κ3) is 6.16. The van der Waals surface area contributed by atoms with Gasteiger partial charge in [0.25, 0.3) is 0 Å². The van der Waals surface area contributed by atoms with Gasteiger partial charge in [-0.1, -0.05) is 51.0 Å². The van der Waals surface area contributed by atoms with Crippen LogP contribution in [0.2, 0.25) is 0 Å². The molecule has 21 heavy (non-hydrogen) atoms. The topological polar surface area (TPSA) is 58.2 Å². The van der Waals surface area contributed by atoms with Crippen LogP contribution in [0.15, 0.2) is 24.3 Å². The van der Waals surface area contributed by atoms with Crippen LogP contribution in [0, 0.1) is 5.92 Å². The molecule has 1 aromatic rings. The summed E-state index contributed by atoms with van der Waals surface area (Å²) in [7, 11) is -1.40. The number of benzene rings is 1. The number of hydrogen-bond acceptors (Lipinski definition) is 3. The highest BCUT2D eigenvalue weighted by molar-refractivity contribution is 7.88. The Hall–Kier alpha value is -0.910. The fourth-order valence-electron chi connectivity index (χ4n) is 2.59. The van der Waals surface area contributed by atoms with Crippen LogP contribution in [0.4, 0.5) is 0 Å². The molecule has 0 saturated heterocycles. The van der Waals surface area contributed by atoms with Gasteiger partial charge in [-0.3, -0.25) is 0 Å². The summed E-state index contributed by atoms with van der Waals surface area (Å²) in [5.41, 5.74) is 1.97. The zero-order chi connectivity index (χ0) is 15.9. The molecule has 0 radical (unpaired) electrons. The van der Waals surface area contributed by atoms with E-state index in [2.05, 4.69) is 23.9 Å². The molecule has 1 rings (SSSR count). The van der Waals surface area contributed by atoms with Gasteiger partial charge in [0.05, 0.1) is 5.75 Å². The van der Waals surface area contributed by atoms with Crippen molar-refractivity contribution in [2.24, 2.45) is 5.92 Å². The molecule has 0 bridgehead atoms. The summed E-state index contributed by atoms with van der Waals surface area (Å²) < 4.78 is 27.3. The average molecular weight is 312 g/mol. The van der Waals surface area contributed by atoms with Crippen molar-refractivity contribution in [3.63, 3.8) is 0 Å². The van der Waals surface area contributed by atoms with Crippen LogP contribution in [0.25, 0.3) is 0 Å². The lowest BCUT2D eigenvalue weighted by Crippen LogP contribution is -2.38. The molecule has 0 aliphatic heterocycles. The van der Waals surface area contributed by atoms with E-state index in [0.717, 1.165) is 30.5 Å². The fourth-order valence-corrected chi connectivity index (χ4v) is 4.07. The molecule has 0 aromatic heterocycles. The number of rotatable bonds is 9. The van der Waals surface area contributed by atoms with E-state index in [4.69, 9.17) is 0 Å². The Bertz CT molecular complexity index is 508. The van der Waals surface area contributed by atoms with Crippen LogP contribution in [-0.2, 0) is 22.3 Å². The summed E-state index contributed by atoms with van der Waals surface area (Å²) in [6.07, 6.45) is 1.97. The molecule has 0 saturated carbocycles. The second kappa shape index (κ2) is 8.51. The highest BCUT2D eigenvalue weighted by atomic mass is 32.2. The predicted octanol–water partition coefficient (Wildman–Crippen LogP) is 2.65. The van der Waals surface area contributed by atoms with E-state index in [1.807, 2.05) is 38.2 Å². The normalized spacial score (nSPS) is 13.6. The van der Waals surface area contributed by atoms with Gasteiger partial charge in [0.15, 0.2) is 0 Å². The van der Waals surface area contributed by atoms with E-state index in [-0.39, 0.29) is 11.8 Å². The van der Waals surface area contributed by atoms with Crippen molar-refractivity contribution in [2.75, 3.05) is 7.05 Å². The Labute approximate surface area is 129 Å². The van der Waals surface area contributed by atoms with E-state index in [9.17, 15) is 8.42 Å². The molecule has 1 atom stereocenters. The van der Waals surface area contributed by atoms with Gasteiger partial charge in [-0.15, -0.1) is 0 Å². The van der Waals surface area contributed by atoms with Crippen molar-refractivity contribution in [1.29, 1.82) is 0 Å². The van der Waals surface area contributed by atoms with Crippen LogP contribution in [0.1, 0.15) is 44.7 Å². The molecule has 4 nitrogen and oxygen atoms in total. The van der Waals surface area contributed by atoms with Crippen molar-refractivity contribution in [2.45, 2.75) is 52.0 Å². The highest BCUT2D eigenvalue weighted by Gasteiger charge is 2.20. The minimum absolute atomic E-state index is 0.0198. The number of nitrogens with one attached hydrogen (secondary N) is 2. The van der Waals surface area contributed by atoms with Gasteiger partial charge >= 0.3 is 0 Å². The molecular formula is C16H28N2O2S. The molecule has 1 unspecified atom stereocenters. The first-order valence-electron chi connectivity index (χ1n) is 7.64. The van der Waals surface area contributed by atoms with Crippen molar-refractivity contribution < 1.29 is 8.42 Å². The molecule has 0 spiro atoms. The minimum Gasteiger partial charge on any atom is -0.316 e. The zero-order valence-corrected chi connectivity index (χ0v) is 14.3. The van der Waals surface area contributed by atoms with Crippen LogP contribution in [-0.4, -0.2) is 21.5 Å². The van der Waals surface area contributed by atoms with Crippen molar-refractivity contribution in [1.82, 2.24) is 10.0 Å². The standard InChI is InChI=1S/C16H28N2O2S/c1-5-16(6-2)13(3)18-21(19,20)12-15-9-7-14(8-10-15)11-17-4/h7-10,13,16-18H,5-6,11-12H2,1-4H3. The largest absolute Gasteiger partial charge is 0.316 e. The highest BCUT2D eigenvalue weighted by Crippen LogP contribution is 2.15. The third-order valence-electron chi connectivity index (χ3n) is 3.88. The molecule has 5 heteroatoms. The first-order valence-corrected chi connectivity index (χ1v) is 9.29. The van der Waals surface area contributed by atoms with Crippen LogP contribution >= 0.6 is 0 Å². The van der Waals surface area contributed by atoms with Crippen molar-refractivity contribution >= 4 is 10.0 Å². The average Bonchev–Trinajstić information content (AvgIpc) is 2.41. The quantitative estimate of drug-likeness (QED) is 0.737. The summed E-state index contributed by atoms with van der Waals surface area (Å²) in [4.78, 5) is 0. The fraction of sp³-hybridized carbons (Fsp3) is 0.625. The van der Waals surface area contributed by atoms with Crippen molar-refractivity contribution in [3.05, 3.63) is 35.4 Å². The Morgan fingerprint density at radius 1 is 1.05 bits per heavy atom. The molecule has 0 aliphatic rings. The molecule has 1 aromatic carbocycles. The van der Waals surface area contributed by atoms with E-state index in [1.54, 1.807) is 0 Å². The maximum atomic E-state index is 12.2. The predicted molar refractivity (Wildman–Crippen MR) is 88.5 cm³/mol. The summed E-state index contributed by atoms with van der Waals surface area (Å²) in [5, 5.41) is 3.07. The lowest BCUT2D eigenvalue weighted by Gasteiger charge is -2.22. The van der Waals surface area contributed by atoms with Gasteiger partial charge in [0.1, 0.15) is 0 Å². The lowest BCUT2D eigenvalue weighted by atomic mass is 9.96. The van der Waals surface area contributed by atoms with Gasteiger partial charge in [-0.05, 0) is 31.0 Å². The van der Waals surface area contributed by atoms with E-state index in [1.165, 1.54) is 0 Å². The van der Waals surface area contributed by atoms with Gasteiger partial charge < -0.3 is 5.32 Å². The van der Waals surface area contributed by atoms with E-state index in [0.29, 0.717) is 5.92 Å². The second-order valence-corrected chi connectivity index (χ2v) is 7.34. The van der Waals surface area contributed by atoms with E-state index < -0.39 is 10.0 Å². The Morgan fingerprint density at radius 2 is 1.57 bits per heavy atom. The Morgan fingerprint density at radius 3 is 2.05 bits per heavy atom. The van der Waals surface area contributed by atoms with Gasteiger partial charge in [0, 0.05) is 12.6 Å². The van der Waals surface area contributed by atoms with Crippen LogP contribution in [0.3, 0.4) is 0 Å². The van der Waals surface area contributed by atoms with Gasteiger partial charge in [-0.25, -0.2) is 13.1 Å². The van der Waals surface area contributed by atoms with Crippen LogP contribution < -0.4 is 10.0 Å². The monoisotopic (exact) mass is 312 g/mol. The molecular weight excluding hydrogens is 284 g/mol. The smallest absolute Gasteiger partial charge is 0.216 e. The minimum atomic E-state index is -3.29. The summed E-state index contributed by atoms with van der Waals surface area (Å²) in [5.74, 6) is 0.426. The molecule has 0 fully saturated rings. The third-order valence-corrected chi connectivity index (χ3v) is 5.33. The molecule has 0 heterocycles. The van der Waals surface area contributed by atoms with Gasteiger partial charge in [0.2, 0.25) is 10.0 Å². The van der Waals surface area contributed by atoms with Crippen LogP contribution in [0.5, 0.6) is 0 Å². The summed E-state index contributed by atoms with van der Waals surface area (Å²) in [6.45, 7) is 6.93. The lowest BCUT2D eigenvalue weighted by molar-refractivity contribution is 0.390. The number of sulfonamides is 1. The molecule has 120 valence electrons.